The van der Waals surface area contributed by atoms with Gasteiger partial charge in [-0.3, -0.25) is 14.5 Å². The van der Waals surface area contributed by atoms with Crippen LogP contribution in [0.4, 0.5) is 5.69 Å². The Morgan fingerprint density at radius 3 is 2.82 bits per heavy atom. The summed E-state index contributed by atoms with van der Waals surface area (Å²) < 4.78 is 27.5. The van der Waals surface area contributed by atoms with E-state index in [0.717, 1.165) is 17.9 Å². The van der Waals surface area contributed by atoms with E-state index in [2.05, 4.69) is 33.4 Å². The van der Waals surface area contributed by atoms with Crippen LogP contribution in [-0.2, 0) is 21.4 Å². The highest BCUT2D eigenvalue weighted by molar-refractivity contribution is 7.90. The molecule has 1 aromatic heterocycles. The van der Waals surface area contributed by atoms with Crippen molar-refractivity contribution in [3.63, 3.8) is 0 Å². The second kappa shape index (κ2) is 8.85. The maximum atomic E-state index is 12.5. The third-order valence-corrected chi connectivity index (χ3v) is 6.85. The highest BCUT2D eigenvalue weighted by atomic mass is 32.2. The first-order valence-corrected chi connectivity index (χ1v) is 11.5. The molecule has 0 aliphatic carbocycles. The van der Waals surface area contributed by atoms with Crippen LogP contribution in [0.5, 0.6) is 0 Å². The van der Waals surface area contributed by atoms with Gasteiger partial charge in [-0.05, 0) is 48.6 Å². The molecule has 1 atom stereocenters. The van der Waals surface area contributed by atoms with Crippen LogP contribution < -0.4 is 14.9 Å². The number of likely N-dealkylation sites (N-methyl/N-ethyl adjacent to an activating group) is 1. The minimum atomic E-state index is -3.70. The first-order valence-electron chi connectivity index (χ1n) is 9.14. The number of benzene rings is 1. The van der Waals surface area contributed by atoms with Gasteiger partial charge in [-0.25, -0.2) is 8.42 Å². The number of quaternary nitrogens is 1. The predicted octanol–water partition coefficient (Wildman–Crippen LogP) is 1.18. The quantitative estimate of drug-likeness (QED) is 0.627. The average molecular weight is 422 g/mol. The molecule has 1 aliphatic heterocycles. The number of aliphatic imine (C=N–C) groups is 1. The molecule has 9 heteroatoms. The number of anilines is 1. The third-order valence-electron chi connectivity index (χ3n) is 4.45. The zero-order valence-corrected chi connectivity index (χ0v) is 17.6. The van der Waals surface area contributed by atoms with E-state index in [4.69, 9.17) is 0 Å². The molecule has 7 nitrogen and oxygen atoms in total. The van der Waals surface area contributed by atoms with Crippen molar-refractivity contribution in [1.29, 1.82) is 0 Å². The molecular weight excluding hydrogens is 396 g/mol. The SMILES string of the molecule is Cc1ccsc1C[NH+](C)CC(=O)Nc1cccc(S(=O)(=O)NC2=NCCC2)c1. The summed E-state index contributed by atoms with van der Waals surface area (Å²) >= 11 is 1.69. The van der Waals surface area contributed by atoms with E-state index in [1.807, 2.05) is 7.05 Å². The molecule has 150 valence electrons. The fourth-order valence-corrected chi connectivity index (χ4v) is 5.13. The topological polar surface area (TPSA) is 92.1 Å². The first-order chi connectivity index (χ1) is 13.3. The summed E-state index contributed by atoms with van der Waals surface area (Å²) in [4.78, 5) is 18.9. The smallest absolute Gasteiger partial charge is 0.279 e. The largest absolute Gasteiger partial charge is 0.325 e. The number of carbonyl (C=O) groups is 1. The van der Waals surface area contributed by atoms with Gasteiger partial charge in [-0.2, -0.15) is 0 Å². The number of nitrogens with one attached hydrogen (secondary N) is 3. The van der Waals surface area contributed by atoms with Gasteiger partial charge in [-0.1, -0.05) is 6.07 Å². The van der Waals surface area contributed by atoms with Gasteiger partial charge in [0.25, 0.3) is 15.9 Å². The number of nitrogens with zero attached hydrogens (tertiary/aromatic N) is 1. The van der Waals surface area contributed by atoms with Crippen molar-refractivity contribution >= 4 is 38.8 Å². The molecule has 0 saturated heterocycles. The van der Waals surface area contributed by atoms with Crippen molar-refractivity contribution < 1.29 is 18.1 Å². The minimum Gasteiger partial charge on any atom is -0.325 e. The van der Waals surface area contributed by atoms with E-state index in [0.29, 0.717) is 31.0 Å². The Morgan fingerprint density at radius 2 is 2.14 bits per heavy atom. The molecule has 1 aromatic carbocycles. The Labute approximate surface area is 169 Å². The Bertz CT molecular complexity index is 983. The maximum Gasteiger partial charge on any atom is 0.279 e. The van der Waals surface area contributed by atoms with Gasteiger partial charge in [0.1, 0.15) is 12.4 Å². The number of amides is 1. The third kappa shape index (κ3) is 5.40. The van der Waals surface area contributed by atoms with Gasteiger partial charge in [0, 0.05) is 18.7 Å². The van der Waals surface area contributed by atoms with Crippen LogP contribution in [-0.4, -0.2) is 40.3 Å². The van der Waals surface area contributed by atoms with Gasteiger partial charge >= 0.3 is 0 Å². The van der Waals surface area contributed by atoms with Crippen LogP contribution in [0.15, 0.2) is 45.6 Å². The maximum absolute atomic E-state index is 12.5. The molecule has 3 rings (SSSR count). The summed E-state index contributed by atoms with van der Waals surface area (Å²) in [6.07, 6.45) is 1.49. The summed E-state index contributed by atoms with van der Waals surface area (Å²) in [5.41, 5.74) is 1.70. The van der Waals surface area contributed by atoms with Gasteiger partial charge in [0.05, 0.1) is 16.8 Å². The van der Waals surface area contributed by atoms with E-state index in [1.54, 1.807) is 23.5 Å². The lowest BCUT2D eigenvalue weighted by Gasteiger charge is -2.14. The molecule has 28 heavy (non-hydrogen) atoms. The molecule has 1 aliphatic rings. The van der Waals surface area contributed by atoms with Crippen molar-refractivity contribution in [2.24, 2.45) is 4.99 Å². The van der Waals surface area contributed by atoms with Crippen molar-refractivity contribution in [3.8, 4) is 0 Å². The van der Waals surface area contributed by atoms with Gasteiger partial charge < -0.3 is 10.2 Å². The van der Waals surface area contributed by atoms with Crippen LogP contribution in [0, 0.1) is 6.92 Å². The molecule has 1 unspecified atom stereocenters. The molecule has 0 spiro atoms. The second-order valence-electron chi connectivity index (χ2n) is 6.95. The summed E-state index contributed by atoms with van der Waals surface area (Å²) in [7, 11) is -1.74. The highest BCUT2D eigenvalue weighted by Gasteiger charge is 2.19. The number of aryl methyl sites for hydroxylation is 1. The van der Waals surface area contributed by atoms with Gasteiger partial charge in [0.15, 0.2) is 6.54 Å². The number of hydrogen-bond acceptors (Lipinski definition) is 5. The molecule has 0 bridgehead atoms. The fourth-order valence-electron chi connectivity index (χ4n) is 2.98. The van der Waals surface area contributed by atoms with Crippen LogP contribution in [0.2, 0.25) is 0 Å². The van der Waals surface area contributed by atoms with Gasteiger partial charge in [0.2, 0.25) is 0 Å². The Morgan fingerprint density at radius 1 is 1.32 bits per heavy atom. The highest BCUT2D eigenvalue weighted by Crippen LogP contribution is 2.16. The van der Waals surface area contributed by atoms with E-state index < -0.39 is 10.0 Å². The lowest BCUT2D eigenvalue weighted by atomic mass is 10.3. The zero-order valence-electron chi connectivity index (χ0n) is 16.0. The number of sulfonamides is 1. The molecule has 1 amide bonds. The monoisotopic (exact) mass is 421 g/mol. The summed E-state index contributed by atoms with van der Waals surface area (Å²) in [6, 6.07) is 8.35. The number of thiophene rings is 1. The standard InChI is InChI=1S/C19H24N4O3S2/c1-14-8-10-27-17(14)12-23(2)13-19(24)21-15-5-3-6-16(11-15)28(25,26)22-18-7-4-9-20-18/h3,5-6,8,10-11H,4,7,9,12-13H2,1-2H3,(H,20,22)(H,21,24)/p+1. The lowest BCUT2D eigenvalue weighted by Crippen LogP contribution is -3.08. The fraction of sp³-hybridized carbons (Fsp3) is 0.368. The van der Waals surface area contributed by atoms with Crippen LogP contribution in [0.25, 0.3) is 0 Å². The Kier molecular flexibility index (Phi) is 6.48. The number of carbonyl (C=O) groups excluding carboxylic acids is 1. The molecular formula is C19H25N4O3S2+. The summed E-state index contributed by atoms with van der Waals surface area (Å²) in [6.45, 7) is 3.78. The summed E-state index contributed by atoms with van der Waals surface area (Å²) in [5.74, 6) is 0.331. The van der Waals surface area contributed by atoms with Gasteiger partial charge in [-0.15, -0.1) is 11.3 Å². The number of amidine groups is 1. The van der Waals surface area contributed by atoms with E-state index in [9.17, 15) is 13.2 Å². The van der Waals surface area contributed by atoms with Crippen molar-refractivity contribution in [2.75, 3.05) is 25.5 Å². The Hall–Kier alpha value is -2.23. The second-order valence-corrected chi connectivity index (χ2v) is 9.63. The molecule has 0 saturated carbocycles. The van der Waals surface area contributed by atoms with Crippen LogP contribution >= 0.6 is 11.3 Å². The number of hydrogen-bond donors (Lipinski definition) is 3. The van der Waals surface area contributed by atoms with Crippen molar-refractivity contribution in [3.05, 3.63) is 46.2 Å². The molecule has 2 heterocycles. The van der Waals surface area contributed by atoms with Crippen molar-refractivity contribution in [2.45, 2.75) is 31.2 Å². The van der Waals surface area contributed by atoms with Crippen molar-refractivity contribution in [1.82, 2.24) is 4.72 Å². The van der Waals surface area contributed by atoms with Crippen LogP contribution in [0.3, 0.4) is 0 Å². The molecule has 0 radical (unpaired) electrons. The lowest BCUT2D eigenvalue weighted by molar-refractivity contribution is -0.884. The average Bonchev–Trinajstić information content (AvgIpc) is 3.27. The summed E-state index contributed by atoms with van der Waals surface area (Å²) in [5, 5.41) is 4.85. The molecule has 2 aromatic rings. The normalized spacial score (nSPS) is 15.1. The first kappa shape index (κ1) is 20.5. The molecule has 3 N–H and O–H groups in total. The Balaban J connectivity index is 1.60. The van der Waals surface area contributed by atoms with E-state index >= 15 is 0 Å². The minimum absolute atomic E-state index is 0.106. The van der Waals surface area contributed by atoms with E-state index in [1.165, 1.54) is 22.6 Å². The van der Waals surface area contributed by atoms with E-state index in [-0.39, 0.29) is 10.8 Å². The predicted molar refractivity (Wildman–Crippen MR) is 111 cm³/mol. The molecule has 0 fully saturated rings. The van der Waals surface area contributed by atoms with Crippen LogP contribution in [0.1, 0.15) is 23.3 Å². The zero-order chi connectivity index (χ0) is 20.1. The number of rotatable bonds is 7.